The van der Waals surface area contributed by atoms with E-state index in [0.29, 0.717) is 5.69 Å². The average molecular weight is 270 g/mol. The van der Waals surface area contributed by atoms with E-state index in [9.17, 15) is 14.9 Å². The summed E-state index contributed by atoms with van der Waals surface area (Å²) in [6.07, 6.45) is 0. The summed E-state index contributed by atoms with van der Waals surface area (Å²) in [6.45, 7) is 3.05. The number of hydrogen-bond acceptors (Lipinski definition) is 5. The van der Waals surface area contributed by atoms with Crippen LogP contribution in [0.25, 0.3) is 5.69 Å². The van der Waals surface area contributed by atoms with Crippen molar-refractivity contribution in [2.45, 2.75) is 13.8 Å². The summed E-state index contributed by atoms with van der Waals surface area (Å²) in [5, 5.41) is 24.0. The Bertz CT molecular complexity index is 755. The van der Waals surface area contributed by atoms with Crippen LogP contribution in [0.3, 0.4) is 0 Å². The van der Waals surface area contributed by atoms with E-state index >= 15 is 0 Å². The van der Waals surface area contributed by atoms with Crippen molar-refractivity contribution in [3.63, 3.8) is 0 Å². The standard InChI is InChI=1S/C13H10N4O3/c1-8-5-11(7-14)16(15-8)13-6-10(17(19)20)3-4-12(13)9(2)18/h3-6H,1-2H3. The van der Waals surface area contributed by atoms with E-state index in [4.69, 9.17) is 5.26 Å². The second-order valence-electron chi connectivity index (χ2n) is 4.21. The Hall–Kier alpha value is -3.01. The van der Waals surface area contributed by atoms with E-state index < -0.39 is 4.92 Å². The van der Waals surface area contributed by atoms with Crippen molar-refractivity contribution in [2.24, 2.45) is 0 Å². The Morgan fingerprint density at radius 2 is 2.15 bits per heavy atom. The molecule has 100 valence electrons. The number of nitro benzene ring substituents is 1. The van der Waals surface area contributed by atoms with Gasteiger partial charge in [0.1, 0.15) is 11.8 Å². The molecular formula is C13H10N4O3. The molecule has 0 amide bonds. The summed E-state index contributed by atoms with van der Waals surface area (Å²) in [6, 6.07) is 7.36. The van der Waals surface area contributed by atoms with Crippen LogP contribution in [0.4, 0.5) is 5.69 Å². The van der Waals surface area contributed by atoms with Crippen molar-refractivity contribution < 1.29 is 9.72 Å². The predicted molar refractivity (Wildman–Crippen MR) is 69.7 cm³/mol. The molecular weight excluding hydrogens is 260 g/mol. The molecule has 7 nitrogen and oxygen atoms in total. The van der Waals surface area contributed by atoms with E-state index in [1.165, 1.54) is 29.8 Å². The van der Waals surface area contributed by atoms with Gasteiger partial charge in [-0.3, -0.25) is 14.9 Å². The smallest absolute Gasteiger partial charge is 0.271 e. The molecule has 7 heteroatoms. The second-order valence-corrected chi connectivity index (χ2v) is 4.21. The SMILES string of the molecule is CC(=O)c1ccc([N+](=O)[O-])cc1-n1nc(C)cc1C#N. The number of hydrogen-bond donors (Lipinski definition) is 0. The Kier molecular flexibility index (Phi) is 3.31. The third kappa shape index (κ3) is 2.27. The molecule has 0 atom stereocenters. The maximum absolute atomic E-state index is 11.6. The third-order valence-corrected chi connectivity index (χ3v) is 2.75. The molecule has 0 N–H and O–H groups in total. The van der Waals surface area contributed by atoms with Crippen LogP contribution in [0.5, 0.6) is 0 Å². The van der Waals surface area contributed by atoms with Crippen molar-refractivity contribution in [3.05, 3.63) is 51.3 Å². The zero-order valence-electron chi connectivity index (χ0n) is 10.8. The monoisotopic (exact) mass is 270 g/mol. The highest BCUT2D eigenvalue weighted by Gasteiger charge is 2.18. The molecule has 1 heterocycles. The number of nitrogens with zero attached hydrogens (tertiary/aromatic N) is 4. The van der Waals surface area contributed by atoms with Gasteiger partial charge in [0, 0.05) is 17.7 Å². The molecule has 0 bridgehead atoms. The fourth-order valence-electron chi connectivity index (χ4n) is 1.87. The summed E-state index contributed by atoms with van der Waals surface area (Å²) in [4.78, 5) is 21.9. The van der Waals surface area contributed by atoms with Crippen molar-refractivity contribution in [2.75, 3.05) is 0 Å². The summed E-state index contributed by atoms with van der Waals surface area (Å²) >= 11 is 0. The fraction of sp³-hybridized carbons (Fsp3) is 0.154. The van der Waals surface area contributed by atoms with Gasteiger partial charge >= 0.3 is 0 Å². The van der Waals surface area contributed by atoms with Gasteiger partial charge in [-0.2, -0.15) is 10.4 Å². The van der Waals surface area contributed by atoms with Gasteiger partial charge in [-0.25, -0.2) is 4.68 Å². The van der Waals surface area contributed by atoms with Crippen LogP contribution in [0.15, 0.2) is 24.3 Å². The number of aromatic nitrogens is 2. The van der Waals surface area contributed by atoms with Crippen molar-refractivity contribution >= 4 is 11.5 Å². The highest BCUT2D eigenvalue weighted by atomic mass is 16.6. The lowest BCUT2D eigenvalue weighted by Gasteiger charge is -2.08. The second kappa shape index (κ2) is 4.93. The summed E-state index contributed by atoms with van der Waals surface area (Å²) in [5.74, 6) is -0.257. The fourth-order valence-corrected chi connectivity index (χ4v) is 1.87. The first kappa shape index (κ1) is 13.4. The van der Waals surface area contributed by atoms with Crippen LogP contribution in [0.2, 0.25) is 0 Å². The van der Waals surface area contributed by atoms with Crippen LogP contribution in [-0.4, -0.2) is 20.5 Å². The molecule has 0 aliphatic heterocycles. The van der Waals surface area contributed by atoms with Gasteiger partial charge < -0.3 is 0 Å². The molecule has 0 fully saturated rings. The number of benzene rings is 1. The number of carbonyl (C=O) groups excluding carboxylic acids is 1. The van der Waals surface area contributed by atoms with E-state index in [2.05, 4.69) is 5.10 Å². The minimum absolute atomic E-state index is 0.165. The zero-order chi connectivity index (χ0) is 14.9. The van der Waals surface area contributed by atoms with Gasteiger partial charge in [0.15, 0.2) is 5.78 Å². The number of carbonyl (C=O) groups is 1. The van der Waals surface area contributed by atoms with E-state index in [-0.39, 0.29) is 28.4 Å². The highest BCUT2D eigenvalue weighted by molar-refractivity contribution is 5.98. The number of nitriles is 1. The maximum atomic E-state index is 11.6. The van der Waals surface area contributed by atoms with Crippen molar-refractivity contribution in [1.82, 2.24) is 9.78 Å². The topological polar surface area (TPSA) is 102 Å². The van der Waals surface area contributed by atoms with E-state index in [0.717, 1.165) is 0 Å². The number of non-ortho nitro benzene ring substituents is 1. The summed E-state index contributed by atoms with van der Waals surface area (Å²) in [7, 11) is 0. The lowest BCUT2D eigenvalue weighted by Crippen LogP contribution is -2.07. The van der Waals surface area contributed by atoms with Gasteiger partial charge in [0.25, 0.3) is 5.69 Å². The zero-order valence-corrected chi connectivity index (χ0v) is 10.8. The Balaban J connectivity index is 2.76. The third-order valence-electron chi connectivity index (χ3n) is 2.75. The molecule has 0 aliphatic rings. The molecule has 0 unspecified atom stereocenters. The number of Topliss-reactive ketones (excluding diaryl/α,β-unsaturated/α-hetero) is 1. The first-order valence-corrected chi connectivity index (χ1v) is 5.70. The molecule has 1 aromatic heterocycles. The molecule has 2 rings (SSSR count). The van der Waals surface area contributed by atoms with Crippen molar-refractivity contribution in [3.8, 4) is 11.8 Å². The molecule has 0 spiro atoms. The first-order valence-electron chi connectivity index (χ1n) is 5.70. The minimum Gasteiger partial charge on any atom is -0.294 e. The number of ketones is 1. The summed E-state index contributed by atoms with van der Waals surface area (Å²) < 4.78 is 1.25. The van der Waals surface area contributed by atoms with Crippen LogP contribution < -0.4 is 0 Å². The Morgan fingerprint density at radius 1 is 1.45 bits per heavy atom. The summed E-state index contributed by atoms with van der Waals surface area (Å²) in [5.41, 5.74) is 1.14. The highest BCUT2D eigenvalue weighted by Crippen LogP contribution is 2.23. The van der Waals surface area contributed by atoms with Gasteiger partial charge in [-0.1, -0.05) is 0 Å². The molecule has 0 saturated carbocycles. The minimum atomic E-state index is -0.560. The first-order chi connectivity index (χ1) is 9.43. The van der Waals surface area contributed by atoms with Gasteiger partial charge in [0.2, 0.25) is 0 Å². The normalized spacial score (nSPS) is 10.1. The molecule has 0 aliphatic carbocycles. The quantitative estimate of drug-likeness (QED) is 0.483. The molecule has 0 radical (unpaired) electrons. The number of rotatable bonds is 3. The van der Waals surface area contributed by atoms with Crippen LogP contribution >= 0.6 is 0 Å². The van der Waals surface area contributed by atoms with Gasteiger partial charge in [-0.05, 0) is 26.0 Å². The van der Waals surface area contributed by atoms with Crippen molar-refractivity contribution in [1.29, 1.82) is 5.26 Å². The molecule has 0 saturated heterocycles. The molecule has 2 aromatic rings. The Morgan fingerprint density at radius 3 is 2.70 bits per heavy atom. The lowest BCUT2D eigenvalue weighted by molar-refractivity contribution is -0.384. The lowest BCUT2D eigenvalue weighted by atomic mass is 10.1. The van der Waals surface area contributed by atoms with Crippen LogP contribution in [-0.2, 0) is 0 Å². The van der Waals surface area contributed by atoms with Gasteiger partial charge in [0.05, 0.1) is 16.3 Å². The molecule has 20 heavy (non-hydrogen) atoms. The van der Waals surface area contributed by atoms with Crippen LogP contribution in [0.1, 0.15) is 28.7 Å². The van der Waals surface area contributed by atoms with E-state index in [1.807, 2.05) is 6.07 Å². The van der Waals surface area contributed by atoms with Crippen LogP contribution in [0, 0.1) is 28.4 Å². The largest absolute Gasteiger partial charge is 0.294 e. The van der Waals surface area contributed by atoms with Gasteiger partial charge in [-0.15, -0.1) is 0 Å². The Labute approximate surface area is 114 Å². The predicted octanol–water partition coefficient (Wildman–Crippen LogP) is 2.16. The number of aryl methyl sites for hydroxylation is 1. The van der Waals surface area contributed by atoms with E-state index in [1.54, 1.807) is 13.0 Å². The molecule has 1 aromatic carbocycles. The number of nitro groups is 1. The maximum Gasteiger partial charge on any atom is 0.271 e. The average Bonchev–Trinajstić information content (AvgIpc) is 2.78.